The molecule has 1 unspecified atom stereocenters. The second-order valence-electron chi connectivity index (χ2n) is 5.88. The third-order valence-electron chi connectivity index (χ3n) is 4.48. The van der Waals surface area contributed by atoms with Crippen molar-refractivity contribution in [2.24, 2.45) is 5.73 Å². The molecule has 2 N–H and O–H groups in total. The maximum Gasteiger partial charge on any atom is 0.0347 e. The van der Waals surface area contributed by atoms with Crippen LogP contribution < -0.4 is 5.73 Å². The molecular weight excluding hydrogens is 222 g/mol. The highest BCUT2D eigenvalue weighted by molar-refractivity contribution is 5.29. The van der Waals surface area contributed by atoms with Gasteiger partial charge in [0.1, 0.15) is 0 Å². The molecule has 1 aromatic rings. The predicted octanol–water partition coefficient (Wildman–Crippen LogP) is 2.31. The van der Waals surface area contributed by atoms with Crippen LogP contribution in [0.3, 0.4) is 0 Å². The lowest BCUT2D eigenvalue weighted by Crippen LogP contribution is -2.32. The zero-order valence-electron chi connectivity index (χ0n) is 11.3. The number of aryl methyl sites for hydroxylation is 1. The Bertz CT molecular complexity index is 390. The molecule has 0 aromatic carbocycles. The zero-order valence-corrected chi connectivity index (χ0v) is 11.3. The minimum absolute atomic E-state index is 0.282. The SMILES string of the molecule is NC1CCCc2cn(CCN3CCCCC3)cc21. The van der Waals surface area contributed by atoms with Crippen LogP contribution in [0.25, 0.3) is 0 Å². The lowest BCUT2D eigenvalue weighted by atomic mass is 9.92. The van der Waals surface area contributed by atoms with Gasteiger partial charge in [-0.05, 0) is 56.3 Å². The summed E-state index contributed by atoms with van der Waals surface area (Å²) in [5.41, 5.74) is 9.07. The molecule has 1 atom stereocenters. The Labute approximate surface area is 110 Å². The van der Waals surface area contributed by atoms with Crippen molar-refractivity contribution in [2.75, 3.05) is 19.6 Å². The fourth-order valence-electron chi connectivity index (χ4n) is 3.35. The Morgan fingerprint density at radius 2 is 1.89 bits per heavy atom. The number of rotatable bonds is 3. The molecule has 1 saturated heterocycles. The van der Waals surface area contributed by atoms with Crippen molar-refractivity contribution in [3.63, 3.8) is 0 Å². The van der Waals surface area contributed by atoms with Gasteiger partial charge in [-0.2, -0.15) is 0 Å². The van der Waals surface area contributed by atoms with E-state index in [0.29, 0.717) is 0 Å². The van der Waals surface area contributed by atoms with Crippen molar-refractivity contribution < 1.29 is 0 Å². The number of likely N-dealkylation sites (tertiary alicyclic amines) is 1. The molecule has 1 aliphatic carbocycles. The van der Waals surface area contributed by atoms with E-state index in [1.54, 1.807) is 0 Å². The van der Waals surface area contributed by atoms with E-state index in [-0.39, 0.29) is 6.04 Å². The lowest BCUT2D eigenvalue weighted by Gasteiger charge is -2.26. The third-order valence-corrected chi connectivity index (χ3v) is 4.48. The number of fused-ring (bicyclic) bond motifs is 1. The van der Waals surface area contributed by atoms with Crippen LogP contribution in [0.1, 0.15) is 49.3 Å². The van der Waals surface area contributed by atoms with Gasteiger partial charge in [0, 0.05) is 31.5 Å². The second kappa shape index (κ2) is 5.45. The molecule has 2 aliphatic rings. The van der Waals surface area contributed by atoms with E-state index in [2.05, 4.69) is 21.9 Å². The van der Waals surface area contributed by atoms with E-state index >= 15 is 0 Å². The Balaban J connectivity index is 1.59. The summed E-state index contributed by atoms with van der Waals surface area (Å²) in [6.07, 6.45) is 12.4. The summed E-state index contributed by atoms with van der Waals surface area (Å²) in [7, 11) is 0. The first-order valence-electron chi connectivity index (χ1n) is 7.49. The highest BCUT2D eigenvalue weighted by atomic mass is 15.1. The van der Waals surface area contributed by atoms with Gasteiger partial charge in [-0.25, -0.2) is 0 Å². The predicted molar refractivity (Wildman–Crippen MR) is 74.6 cm³/mol. The largest absolute Gasteiger partial charge is 0.352 e. The summed E-state index contributed by atoms with van der Waals surface area (Å²) in [5, 5.41) is 0. The number of hydrogen-bond acceptors (Lipinski definition) is 2. The maximum atomic E-state index is 6.17. The number of nitrogens with two attached hydrogens (primary N) is 1. The van der Waals surface area contributed by atoms with E-state index in [1.165, 1.54) is 62.9 Å². The monoisotopic (exact) mass is 247 g/mol. The van der Waals surface area contributed by atoms with Crippen molar-refractivity contribution in [1.82, 2.24) is 9.47 Å². The molecule has 0 amide bonds. The van der Waals surface area contributed by atoms with Crippen molar-refractivity contribution in [3.05, 3.63) is 23.5 Å². The van der Waals surface area contributed by atoms with Crippen molar-refractivity contribution in [3.8, 4) is 0 Å². The molecule has 1 fully saturated rings. The Morgan fingerprint density at radius 3 is 2.67 bits per heavy atom. The van der Waals surface area contributed by atoms with Crippen LogP contribution in [-0.4, -0.2) is 29.1 Å². The van der Waals surface area contributed by atoms with E-state index in [1.807, 2.05) is 0 Å². The number of nitrogens with zero attached hydrogens (tertiary/aromatic N) is 2. The molecule has 3 heteroatoms. The molecule has 100 valence electrons. The highest BCUT2D eigenvalue weighted by Crippen LogP contribution is 2.28. The number of hydrogen-bond donors (Lipinski definition) is 1. The van der Waals surface area contributed by atoms with E-state index in [4.69, 9.17) is 5.73 Å². The van der Waals surface area contributed by atoms with Gasteiger partial charge in [0.2, 0.25) is 0 Å². The molecule has 3 rings (SSSR count). The fraction of sp³-hybridized carbons (Fsp3) is 0.733. The number of aromatic nitrogens is 1. The van der Waals surface area contributed by atoms with Crippen molar-refractivity contribution in [2.45, 2.75) is 51.1 Å². The maximum absolute atomic E-state index is 6.17. The molecule has 2 heterocycles. The van der Waals surface area contributed by atoms with Gasteiger partial charge in [-0.1, -0.05) is 6.42 Å². The first-order chi connectivity index (χ1) is 8.83. The minimum atomic E-state index is 0.282. The molecule has 0 saturated carbocycles. The van der Waals surface area contributed by atoms with E-state index < -0.39 is 0 Å². The summed E-state index contributed by atoms with van der Waals surface area (Å²) in [4.78, 5) is 2.60. The first kappa shape index (κ1) is 12.2. The zero-order chi connectivity index (χ0) is 12.4. The molecule has 0 radical (unpaired) electrons. The first-order valence-corrected chi connectivity index (χ1v) is 7.49. The summed E-state index contributed by atoms with van der Waals surface area (Å²) in [6, 6.07) is 0.282. The summed E-state index contributed by atoms with van der Waals surface area (Å²) in [5.74, 6) is 0. The highest BCUT2D eigenvalue weighted by Gasteiger charge is 2.19. The standard InChI is InChI=1S/C15H25N3/c16-15-6-4-5-13-11-18(12-14(13)15)10-9-17-7-2-1-3-8-17/h11-12,15H,1-10,16H2. The Kier molecular flexibility index (Phi) is 3.71. The smallest absolute Gasteiger partial charge is 0.0347 e. The molecule has 0 bridgehead atoms. The molecule has 3 nitrogen and oxygen atoms in total. The van der Waals surface area contributed by atoms with Gasteiger partial charge < -0.3 is 15.2 Å². The van der Waals surface area contributed by atoms with Gasteiger partial charge in [0.05, 0.1) is 0 Å². The topological polar surface area (TPSA) is 34.2 Å². The minimum Gasteiger partial charge on any atom is -0.352 e. The Morgan fingerprint density at radius 1 is 1.06 bits per heavy atom. The lowest BCUT2D eigenvalue weighted by molar-refractivity contribution is 0.221. The number of piperidine rings is 1. The summed E-state index contributed by atoms with van der Waals surface area (Å²) >= 11 is 0. The van der Waals surface area contributed by atoms with Crippen LogP contribution >= 0.6 is 0 Å². The van der Waals surface area contributed by atoms with Gasteiger partial charge in [0.15, 0.2) is 0 Å². The van der Waals surface area contributed by atoms with E-state index in [0.717, 1.165) is 13.0 Å². The van der Waals surface area contributed by atoms with Gasteiger partial charge in [-0.3, -0.25) is 0 Å². The molecular formula is C15H25N3. The van der Waals surface area contributed by atoms with Gasteiger partial charge in [-0.15, -0.1) is 0 Å². The average Bonchev–Trinajstić information content (AvgIpc) is 2.82. The normalized spacial score (nSPS) is 25.1. The molecule has 1 aliphatic heterocycles. The Hall–Kier alpha value is -0.800. The average molecular weight is 247 g/mol. The summed E-state index contributed by atoms with van der Waals surface area (Å²) < 4.78 is 2.37. The molecule has 18 heavy (non-hydrogen) atoms. The molecule has 1 aromatic heterocycles. The summed E-state index contributed by atoms with van der Waals surface area (Å²) in [6.45, 7) is 4.91. The van der Waals surface area contributed by atoms with Crippen LogP contribution in [-0.2, 0) is 13.0 Å². The van der Waals surface area contributed by atoms with Crippen LogP contribution in [0.5, 0.6) is 0 Å². The van der Waals surface area contributed by atoms with Crippen LogP contribution in [0.15, 0.2) is 12.4 Å². The third kappa shape index (κ3) is 2.62. The molecule has 0 spiro atoms. The quantitative estimate of drug-likeness (QED) is 0.889. The van der Waals surface area contributed by atoms with Crippen LogP contribution in [0.2, 0.25) is 0 Å². The second-order valence-corrected chi connectivity index (χ2v) is 5.88. The van der Waals surface area contributed by atoms with Gasteiger partial charge in [0.25, 0.3) is 0 Å². The van der Waals surface area contributed by atoms with Crippen LogP contribution in [0.4, 0.5) is 0 Å². The van der Waals surface area contributed by atoms with Crippen LogP contribution in [0, 0.1) is 0 Å². The fourth-order valence-corrected chi connectivity index (χ4v) is 3.35. The van der Waals surface area contributed by atoms with Crippen molar-refractivity contribution in [1.29, 1.82) is 0 Å². The van der Waals surface area contributed by atoms with E-state index in [9.17, 15) is 0 Å². The van der Waals surface area contributed by atoms with Crippen molar-refractivity contribution >= 4 is 0 Å². The van der Waals surface area contributed by atoms with Gasteiger partial charge >= 0.3 is 0 Å².